The lowest BCUT2D eigenvalue weighted by atomic mass is 10.1. The van der Waals surface area contributed by atoms with E-state index in [4.69, 9.17) is 0 Å². The Morgan fingerprint density at radius 3 is 2.50 bits per heavy atom. The van der Waals surface area contributed by atoms with Crippen LogP contribution in [0.5, 0.6) is 0 Å². The number of pyridine rings is 2. The average molecular weight is 398 g/mol. The van der Waals surface area contributed by atoms with E-state index in [1.54, 1.807) is 0 Å². The van der Waals surface area contributed by atoms with Crippen LogP contribution >= 0.6 is 0 Å². The van der Waals surface area contributed by atoms with E-state index in [0.717, 1.165) is 5.82 Å². The first-order valence-corrected chi connectivity index (χ1v) is 10.3. The lowest BCUT2D eigenvalue weighted by Gasteiger charge is -2.12. The predicted molar refractivity (Wildman–Crippen MR) is 126 cm³/mol. The van der Waals surface area contributed by atoms with Crippen LogP contribution in [0.3, 0.4) is 0 Å². The monoisotopic (exact) mass is 397 g/mol. The van der Waals surface area contributed by atoms with Crippen LogP contribution in [0.25, 0.3) is 28.9 Å². The van der Waals surface area contributed by atoms with E-state index in [1.807, 2.05) is 12.3 Å². The number of anilines is 1. The van der Waals surface area contributed by atoms with E-state index < -0.39 is 0 Å². The molecular formula is C26H29N4+. The van der Waals surface area contributed by atoms with E-state index in [9.17, 15) is 0 Å². The van der Waals surface area contributed by atoms with Gasteiger partial charge in [0.15, 0.2) is 0 Å². The first-order chi connectivity index (χ1) is 14.4. The molecule has 152 valence electrons. The molecule has 0 saturated carbocycles. The first-order valence-electron chi connectivity index (χ1n) is 10.3. The van der Waals surface area contributed by atoms with E-state index in [-0.39, 0.29) is 0 Å². The maximum Gasteiger partial charge on any atom is 0.212 e. The molecule has 0 amide bonds. The zero-order valence-electron chi connectivity index (χ0n) is 18.6. The second-order valence-corrected chi connectivity index (χ2v) is 8.09. The molecule has 30 heavy (non-hydrogen) atoms. The van der Waals surface area contributed by atoms with Gasteiger partial charge in [-0.2, -0.15) is 4.57 Å². The van der Waals surface area contributed by atoms with Gasteiger partial charge in [0.25, 0.3) is 0 Å². The highest BCUT2D eigenvalue weighted by atomic mass is 15.1. The molecule has 4 rings (SSSR count). The zero-order valence-corrected chi connectivity index (χ0v) is 18.6. The number of aromatic nitrogens is 3. The van der Waals surface area contributed by atoms with Gasteiger partial charge in [0.05, 0.1) is 0 Å². The Balaban J connectivity index is 1.72. The molecule has 4 heteroatoms. The molecule has 4 aromatic rings. The second-order valence-electron chi connectivity index (χ2n) is 8.09. The normalized spacial score (nSPS) is 11.5. The Bertz CT molecular complexity index is 1260. The highest BCUT2D eigenvalue weighted by Gasteiger charge is 2.13. The van der Waals surface area contributed by atoms with Crippen molar-refractivity contribution in [1.82, 2.24) is 9.55 Å². The number of nitrogens with zero attached hydrogens (tertiary/aromatic N) is 4. The first kappa shape index (κ1) is 19.9. The van der Waals surface area contributed by atoms with Gasteiger partial charge in [-0.15, -0.1) is 0 Å². The van der Waals surface area contributed by atoms with E-state index in [0.29, 0.717) is 0 Å². The number of aryl methyl sites for hydroxylation is 3. The van der Waals surface area contributed by atoms with Gasteiger partial charge in [-0.3, -0.25) is 0 Å². The van der Waals surface area contributed by atoms with Crippen LogP contribution in [-0.2, 0) is 7.05 Å². The van der Waals surface area contributed by atoms with Crippen molar-refractivity contribution in [3.63, 3.8) is 0 Å². The van der Waals surface area contributed by atoms with Crippen LogP contribution in [0.15, 0.2) is 54.7 Å². The molecule has 0 aliphatic heterocycles. The summed E-state index contributed by atoms with van der Waals surface area (Å²) in [4.78, 5) is 6.73. The van der Waals surface area contributed by atoms with Gasteiger partial charge >= 0.3 is 0 Å². The van der Waals surface area contributed by atoms with E-state index in [2.05, 4.69) is 116 Å². The summed E-state index contributed by atoms with van der Waals surface area (Å²) in [6, 6.07) is 17.3. The molecule has 4 nitrogen and oxygen atoms in total. The Morgan fingerprint density at radius 2 is 1.77 bits per heavy atom. The molecule has 0 aliphatic rings. The van der Waals surface area contributed by atoms with Gasteiger partial charge in [-0.1, -0.05) is 6.07 Å². The van der Waals surface area contributed by atoms with Crippen LogP contribution in [-0.4, -0.2) is 23.6 Å². The minimum absolute atomic E-state index is 1.00. The van der Waals surface area contributed by atoms with Crippen molar-refractivity contribution in [1.29, 1.82) is 0 Å². The van der Waals surface area contributed by atoms with Crippen molar-refractivity contribution in [2.75, 3.05) is 19.0 Å². The number of hydrogen-bond donors (Lipinski definition) is 0. The van der Waals surface area contributed by atoms with Gasteiger partial charge in [0.2, 0.25) is 11.2 Å². The maximum absolute atomic E-state index is 4.60. The molecule has 3 heterocycles. The molecule has 0 saturated heterocycles. The molecule has 0 fully saturated rings. The van der Waals surface area contributed by atoms with Crippen molar-refractivity contribution in [3.8, 4) is 5.82 Å². The third-order valence-electron chi connectivity index (χ3n) is 5.81. The Kier molecular flexibility index (Phi) is 5.17. The minimum atomic E-state index is 1.00. The van der Waals surface area contributed by atoms with Gasteiger partial charge < -0.3 is 9.47 Å². The summed E-state index contributed by atoms with van der Waals surface area (Å²) in [5.41, 5.74) is 8.37. The second kappa shape index (κ2) is 7.79. The summed E-state index contributed by atoms with van der Waals surface area (Å²) >= 11 is 0. The standard InChI is InChI=1S/C26H29N4/c1-18-8-7-15-27-26(18)30-19(2)16-21(20(30)3)9-11-23-12-10-22-17-24(28(4)5)13-14-25(22)29(23)6/h7-17H,1-6H3/q+1. The van der Waals surface area contributed by atoms with Crippen LogP contribution < -0.4 is 9.47 Å². The van der Waals surface area contributed by atoms with Crippen molar-refractivity contribution < 1.29 is 4.57 Å². The van der Waals surface area contributed by atoms with Crippen LogP contribution in [0.2, 0.25) is 0 Å². The van der Waals surface area contributed by atoms with Crippen LogP contribution in [0.4, 0.5) is 5.69 Å². The van der Waals surface area contributed by atoms with Gasteiger partial charge in [-0.25, -0.2) is 4.98 Å². The summed E-state index contributed by atoms with van der Waals surface area (Å²) in [6.45, 7) is 6.40. The van der Waals surface area contributed by atoms with Crippen molar-refractivity contribution in [2.45, 2.75) is 20.8 Å². The number of fused-ring (bicyclic) bond motifs is 1. The van der Waals surface area contributed by atoms with Gasteiger partial charge in [0.1, 0.15) is 12.9 Å². The molecule has 0 radical (unpaired) electrons. The Morgan fingerprint density at radius 1 is 0.967 bits per heavy atom. The number of hydrogen-bond acceptors (Lipinski definition) is 2. The fraction of sp³-hybridized carbons (Fsp3) is 0.231. The summed E-state index contributed by atoms with van der Waals surface area (Å²) in [5, 5.41) is 1.24. The SMILES string of the molecule is Cc1cccnc1-n1c(C)cc(/C=C/c2ccc3cc(N(C)C)ccc3[n+]2C)c1C. The van der Waals surface area contributed by atoms with Crippen molar-refractivity contribution in [2.24, 2.45) is 7.05 Å². The van der Waals surface area contributed by atoms with Gasteiger partial charge in [-0.05, 0) is 68.3 Å². The molecule has 0 aliphatic carbocycles. The molecule has 0 spiro atoms. The molecule has 3 aromatic heterocycles. The topological polar surface area (TPSA) is 24.9 Å². The Labute approximate surface area is 178 Å². The maximum atomic E-state index is 4.60. The summed E-state index contributed by atoms with van der Waals surface area (Å²) in [5.74, 6) is 1.00. The smallest absolute Gasteiger partial charge is 0.212 e. The molecule has 1 aromatic carbocycles. The molecule has 0 N–H and O–H groups in total. The lowest BCUT2D eigenvalue weighted by Crippen LogP contribution is -2.32. The molecule has 0 bridgehead atoms. The average Bonchev–Trinajstić information content (AvgIpc) is 3.01. The van der Waals surface area contributed by atoms with Gasteiger partial charge in [0, 0.05) is 61.0 Å². The summed E-state index contributed by atoms with van der Waals surface area (Å²) in [7, 11) is 6.26. The quantitative estimate of drug-likeness (QED) is 0.452. The molecule has 0 unspecified atom stereocenters. The van der Waals surface area contributed by atoms with E-state index >= 15 is 0 Å². The fourth-order valence-corrected chi connectivity index (χ4v) is 4.02. The number of benzene rings is 1. The Hall–Kier alpha value is -3.40. The largest absolute Gasteiger partial charge is 0.378 e. The molecular weight excluding hydrogens is 368 g/mol. The lowest BCUT2D eigenvalue weighted by molar-refractivity contribution is -0.646. The number of rotatable bonds is 4. The van der Waals surface area contributed by atoms with Crippen molar-refractivity contribution in [3.05, 3.63) is 82.9 Å². The fourth-order valence-electron chi connectivity index (χ4n) is 4.02. The zero-order chi connectivity index (χ0) is 21.4. The minimum Gasteiger partial charge on any atom is -0.378 e. The highest BCUT2D eigenvalue weighted by molar-refractivity contribution is 5.81. The van der Waals surface area contributed by atoms with E-state index in [1.165, 1.54) is 44.8 Å². The summed E-state index contributed by atoms with van der Waals surface area (Å²) < 4.78 is 4.48. The van der Waals surface area contributed by atoms with Crippen molar-refractivity contribution >= 4 is 28.7 Å². The molecule has 0 atom stereocenters. The van der Waals surface area contributed by atoms with Crippen LogP contribution in [0, 0.1) is 20.8 Å². The third kappa shape index (κ3) is 3.50. The highest BCUT2D eigenvalue weighted by Crippen LogP contribution is 2.24. The van der Waals surface area contributed by atoms with Crippen LogP contribution in [0.1, 0.15) is 28.2 Å². The predicted octanol–water partition coefficient (Wildman–Crippen LogP) is 5.01. The third-order valence-corrected chi connectivity index (χ3v) is 5.81. The summed E-state index contributed by atoms with van der Waals surface area (Å²) in [6.07, 6.45) is 6.25.